The summed E-state index contributed by atoms with van der Waals surface area (Å²) in [6, 6.07) is 16.5. The normalized spacial score (nSPS) is 11.0. The molecule has 8 heteroatoms. The van der Waals surface area contributed by atoms with E-state index in [1.54, 1.807) is 54.6 Å². The van der Waals surface area contributed by atoms with Crippen molar-refractivity contribution < 1.29 is 23.6 Å². The highest BCUT2D eigenvalue weighted by atomic mass is 79.9. The molecule has 3 aromatic rings. The summed E-state index contributed by atoms with van der Waals surface area (Å²) < 4.78 is 25.0. The third kappa shape index (κ3) is 4.24. The van der Waals surface area contributed by atoms with Crippen molar-refractivity contribution in [3.05, 3.63) is 86.3 Å². The minimum Gasteiger partial charge on any atom is -0.496 e. The van der Waals surface area contributed by atoms with Crippen LogP contribution in [0.4, 0.5) is 0 Å². The minimum absolute atomic E-state index is 0.0768. The van der Waals surface area contributed by atoms with E-state index in [-0.39, 0.29) is 33.7 Å². The summed E-state index contributed by atoms with van der Waals surface area (Å²) in [4.78, 5) is 26.4. The van der Waals surface area contributed by atoms with Gasteiger partial charge in [0.15, 0.2) is 13.6 Å². The summed E-state index contributed by atoms with van der Waals surface area (Å²) in [5.41, 5.74) is -0.0252. The molecule has 0 N–H and O–H groups in total. The van der Waals surface area contributed by atoms with Crippen molar-refractivity contribution in [2.75, 3.05) is 14.2 Å². The third-order valence-electron chi connectivity index (χ3n) is 4.38. The molecule has 1 unspecified atom stereocenters. The fourth-order valence-corrected chi connectivity index (χ4v) is 5.58. The average Bonchev–Trinajstić information content (AvgIpc) is 2.77. The summed E-state index contributed by atoms with van der Waals surface area (Å²) in [6.07, 6.45) is 0. The lowest BCUT2D eigenvalue weighted by atomic mass is 10.0. The number of hydrogen-bond donors (Lipinski definition) is 0. The van der Waals surface area contributed by atoms with Crippen LogP contribution in [0.15, 0.2) is 69.6 Å². The molecule has 3 rings (SSSR count). The summed E-state index contributed by atoms with van der Waals surface area (Å²) >= 11 is 6.77. The Morgan fingerprint density at radius 3 is 1.87 bits per heavy atom. The number of ether oxygens (including phenoxy) is 2. The first-order valence-electron chi connectivity index (χ1n) is 8.71. The van der Waals surface area contributed by atoms with Crippen molar-refractivity contribution >= 4 is 56.3 Å². The van der Waals surface area contributed by atoms with Crippen molar-refractivity contribution in [1.29, 1.82) is 0 Å². The van der Waals surface area contributed by atoms with E-state index < -0.39 is 13.3 Å². The van der Waals surface area contributed by atoms with E-state index in [4.69, 9.17) is 9.47 Å². The monoisotopic (exact) mass is 549 g/mol. The number of methoxy groups -OCH3 is 2. The zero-order chi connectivity index (χ0) is 21.8. The SMILES string of the molecule is COc1cccc(OC)c1C(=O)[P](=O)c1ccccc1C(=O)c1c(Br)cccc1Br. The zero-order valence-corrected chi connectivity index (χ0v) is 20.1. The van der Waals surface area contributed by atoms with E-state index in [1.165, 1.54) is 20.3 Å². The van der Waals surface area contributed by atoms with Gasteiger partial charge in [0.2, 0.25) is 0 Å². The Hall–Kier alpha value is -2.34. The lowest BCUT2D eigenvalue weighted by molar-refractivity contribution is 0.103. The molecule has 0 saturated heterocycles. The maximum Gasteiger partial charge on any atom is 0.254 e. The predicted molar refractivity (Wildman–Crippen MR) is 123 cm³/mol. The van der Waals surface area contributed by atoms with Crippen molar-refractivity contribution in [2.24, 2.45) is 0 Å². The zero-order valence-electron chi connectivity index (χ0n) is 16.0. The highest BCUT2D eigenvalue weighted by Gasteiger charge is 2.29. The Bertz CT molecular complexity index is 1120. The summed E-state index contributed by atoms with van der Waals surface area (Å²) in [5.74, 6) is 0.146. The highest BCUT2D eigenvalue weighted by molar-refractivity contribution is 9.11. The van der Waals surface area contributed by atoms with Gasteiger partial charge in [0.25, 0.3) is 5.52 Å². The smallest absolute Gasteiger partial charge is 0.254 e. The molecule has 0 spiro atoms. The van der Waals surface area contributed by atoms with Gasteiger partial charge in [-0.25, -0.2) is 0 Å². The summed E-state index contributed by atoms with van der Waals surface area (Å²) in [7, 11) is 0.214. The van der Waals surface area contributed by atoms with E-state index in [0.717, 1.165) is 0 Å². The Balaban J connectivity index is 2.10. The van der Waals surface area contributed by atoms with Crippen LogP contribution >= 0.6 is 39.7 Å². The van der Waals surface area contributed by atoms with E-state index in [9.17, 15) is 14.2 Å². The lowest BCUT2D eigenvalue weighted by Gasteiger charge is -2.13. The van der Waals surface area contributed by atoms with Gasteiger partial charge in [-0.05, 0) is 68.3 Å². The van der Waals surface area contributed by atoms with Crippen molar-refractivity contribution in [3.63, 3.8) is 0 Å². The van der Waals surface area contributed by atoms with Crippen molar-refractivity contribution in [3.8, 4) is 11.5 Å². The molecule has 0 aromatic heterocycles. The van der Waals surface area contributed by atoms with Gasteiger partial charge >= 0.3 is 0 Å². The van der Waals surface area contributed by atoms with E-state index in [1.807, 2.05) is 0 Å². The first-order valence-corrected chi connectivity index (χ1v) is 11.6. The molecule has 1 radical (unpaired) electrons. The molecule has 0 fully saturated rings. The van der Waals surface area contributed by atoms with E-state index >= 15 is 0 Å². The van der Waals surface area contributed by atoms with Crippen LogP contribution < -0.4 is 14.8 Å². The number of ketones is 1. The number of carbonyl (C=O) groups excluding carboxylic acids is 2. The molecule has 0 aliphatic carbocycles. The van der Waals surface area contributed by atoms with Crippen LogP contribution in [-0.4, -0.2) is 25.5 Å². The molecule has 153 valence electrons. The van der Waals surface area contributed by atoms with E-state index in [0.29, 0.717) is 14.5 Å². The summed E-state index contributed by atoms with van der Waals surface area (Å²) in [6.45, 7) is 0. The van der Waals surface area contributed by atoms with Gasteiger partial charge < -0.3 is 9.47 Å². The van der Waals surface area contributed by atoms with Crippen LogP contribution in [-0.2, 0) is 4.57 Å². The average molecular weight is 551 g/mol. The second-order valence-corrected chi connectivity index (χ2v) is 9.27. The van der Waals surface area contributed by atoms with Crippen LogP contribution in [0.2, 0.25) is 0 Å². The number of rotatable bonds is 7. The minimum atomic E-state index is -2.62. The summed E-state index contributed by atoms with van der Waals surface area (Å²) in [5, 5.41) is 0.151. The molecule has 0 aliphatic heterocycles. The predicted octanol–water partition coefficient (Wildman–Crippen LogP) is 5.75. The van der Waals surface area contributed by atoms with Crippen LogP contribution in [0.25, 0.3) is 0 Å². The first kappa shape index (κ1) is 22.3. The van der Waals surface area contributed by atoms with Gasteiger partial charge in [-0.15, -0.1) is 0 Å². The first-order chi connectivity index (χ1) is 14.4. The molecular weight excluding hydrogens is 535 g/mol. The maximum atomic E-state index is 13.3. The molecular formula is C22H16Br2O5P. The van der Waals surface area contributed by atoms with Gasteiger partial charge in [0.05, 0.1) is 25.1 Å². The number of halogens is 2. The number of hydrogen-bond acceptors (Lipinski definition) is 5. The van der Waals surface area contributed by atoms with Gasteiger partial charge in [0.1, 0.15) is 17.1 Å². The maximum absolute atomic E-state index is 13.3. The fraction of sp³-hybridized carbons (Fsp3) is 0.0909. The second kappa shape index (κ2) is 9.65. The molecule has 1 atom stereocenters. The standard InChI is InChI=1S/C22H16Br2O5P/c1-28-16-10-6-11-17(29-2)20(16)22(26)30(27)18-12-4-3-7-13(18)21(25)19-14(23)8-5-9-15(19)24/h3-12H,1-2H3. The van der Waals surface area contributed by atoms with Crippen LogP contribution in [0.3, 0.4) is 0 Å². The molecule has 0 saturated carbocycles. The Kier molecular flexibility index (Phi) is 7.19. The lowest BCUT2D eigenvalue weighted by Crippen LogP contribution is -2.17. The Morgan fingerprint density at radius 1 is 0.767 bits per heavy atom. The highest BCUT2D eigenvalue weighted by Crippen LogP contribution is 2.38. The molecule has 30 heavy (non-hydrogen) atoms. The van der Waals surface area contributed by atoms with Crippen LogP contribution in [0.5, 0.6) is 11.5 Å². The third-order valence-corrected chi connectivity index (χ3v) is 7.13. The largest absolute Gasteiger partial charge is 0.496 e. The molecule has 0 amide bonds. The molecule has 0 bridgehead atoms. The fourth-order valence-electron chi connectivity index (χ4n) is 2.97. The van der Waals surface area contributed by atoms with Crippen molar-refractivity contribution in [2.45, 2.75) is 0 Å². The van der Waals surface area contributed by atoms with Crippen molar-refractivity contribution in [1.82, 2.24) is 0 Å². The number of benzene rings is 3. The van der Waals surface area contributed by atoms with Gasteiger partial charge in [-0.3, -0.25) is 14.2 Å². The topological polar surface area (TPSA) is 69.7 Å². The number of carbonyl (C=O) groups is 2. The molecule has 0 heterocycles. The Morgan fingerprint density at radius 2 is 1.30 bits per heavy atom. The quantitative estimate of drug-likeness (QED) is 0.276. The van der Waals surface area contributed by atoms with Crippen LogP contribution in [0.1, 0.15) is 26.3 Å². The molecule has 5 nitrogen and oxygen atoms in total. The van der Waals surface area contributed by atoms with Crippen LogP contribution in [0, 0.1) is 0 Å². The molecule has 0 aliphatic rings. The second-order valence-electron chi connectivity index (χ2n) is 6.08. The van der Waals surface area contributed by atoms with Gasteiger partial charge in [-0.1, -0.05) is 24.3 Å². The Labute approximate surface area is 191 Å². The molecule has 3 aromatic carbocycles. The van der Waals surface area contributed by atoms with Gasteiger partial charge in [0, 0.05) is 14.5 Å². The van der Waals surface area contributed by atoms with E-state index in [2.05, 4.69) is 31.9 Å². The van der Waals surface area contributed by atoms with Gasteiger partial charge in [-0.2, -0.15) is 0 Å².